The number of benzene rings is 1. The van der Waals surface area contributed by atoms with E-state index in [0.717, 1.165) is 45.1 Å². The highest BCUT2D eigenvalue weighted by molar-refractivity contribution is 5.48. The zero-order valence-electron chi connectivity index (χ0n) is 17.3. The van der Waals surface area contributed by atoms with E-state index >= 15 is 0 Å². The van der Waals surface area contributed by atoms with Crippen LogP contribution >= 0.6 is 0 Å². The SMILES string of the molecule is CCCCCCCN(C=O)C(/C=C/CCc1cccc(CCC)c1)CC. The lowest BCUT2D eigenvalue weighted by atomic mass is 10.0. The fourth-order valence-electron chi connectivity index (χ4n) is 3.41. The molecule has 0 fully saturated rings. The van der Waals surface area contributed by atoms with Crippen molar-refractivity contribution in [2.75, 3.05) is 6.54 Å². The van der Waals surface area contributed by atoms with E-state index in [1.54, 1.807) is 0 Å². The Labute approximate surface area is 161 Å². The summed E-state index contributed by atoms with van der Waals surface area (Å²) in [4.78, 5) is 13.4. The number of carbonyl (C=O) groups excluding carboxylic acids is 1. The van der Waals surface area contributed by atoms with Crippen LogP contribution in [0.1, 0.15) is 83.3 Å². The van der Waals surface area contributed by atoms with Gasteiger partial charge >= 0.3 is 0 Å². The molecule has 0 aliphatic carbocycles. The number of rotatable bonds is 15. The van der Waals surface area contributed by atoms with Crippen LogP contribution in [0.25, 0.3) is 0 Å². The molecule has 1 aromatic carbocycles. The zero-order valence-corrected chi connectivity index (χ0v) is 17.3. The van der Waals surface area contributed by atoms with Gasteiger partial charge in [0.1, 0.15) is 0 Å². The second-order valence-corrected chi connectivity index (χ2v) is 7.27. The smallest absolute Gasteiger partial charge is 0.210 e. The maximum absolute atomic E-state index is 11.5. The van der Waals surface area contributed by atoms with Gasteiger partial charge in [-0.25, -0.2) is 0 Å². The summed E-state index contributed by atoms with van der Waals surface area (Å²) in [5.74, 6) is 0. The highest BCUT2D eigenvalue weighted by atomic mass is 16.1. The molecule has 1 atom stereocenters. The number of amides is 1. The Hall–Kier alpha value is -1.57. The van der Waals surface area contributed by atoms with E-state index in [9.17, 15) is 4.79 Å². The third kappa shape index (κ3) is 9.22. The Morgan fingerprint density at radius 2 is 1.69 bits per heavy atom. The third-order valence-corrected chi connectivity index (χ3v) is 4.99. The minimum Gasteiger partial charge on any atom is -0.339 e. The largest absolute Gasteiger partial charge is 0.339 e. The average Bonchev–Trinajstić information content (AvgIpc) is 2.66. The van der Waals surface area contributed by atoms with Gasteiger partial charge in [0.2, 0.25) is 6.41 Å². The number of aryl methyl sites for hydroxylation is 2. The van der Waals surface area contributed by atoms with Crippen LogP contribution in [-0.4, -0.2) is 23.9 Å². The number of hydrogen-bond donors (Lipinski definition) is 0. The van der Waals surface area contributed by atoms with E-state index in [-0.39, 0.29) is 6.04 Å². The van der Waals surface area contributed by atoms with Gasteiger partial charge in [0, 0.05) is 12.6 Å². The van der Waals surface area contributed by atoms with Crippen LogP contribution in [0.5, 0.6) is 0 Å². The van der Waals surface area contributed by atoms with Gasteiger partial charge in [-0.2, -0.15) is 0 Å². The van der Waals surface area contributed by atoms with Crippen LogP contribution in [0.15, 0.2) is 36.4 Å². The summed E-state index contributed by atoms with van der Waals surface area (Å²) in [7, 11) is 0. The van der Waals surface area contributed by atoms with Gasteiger partial charge in [-0.05, 0) is 43.2 Å². The van der Waals surface area contributed by atoms with Crippen molar-refractivity contribution in [2.45, 2.75) is 91.0 Å². The van der Waals surface area contributed by atoms with Crippen LogP contribution < -0.4 is 0 Å². The summed E-state index contributed by atoms with van der Waals surface area (Å²) in [6.07, 6.45) is 17.2. The molecular weight excluding hydrogens is 318 g/mol. The summed E-state index contributed by atoms with van der Waals surface area (Å²) in [6, 6.07) is 9.19. The Morgan fingerprint density at radius 1 is 0.962 bits per heavy atom. The van der Waals surface area contributed by atoms with E-state index in [1.165, 1.54) is 43.2 Å². The molecule has 2 nitrogen and oxygen atoms in total. The van der Waals surface area contributed by atoms with E-state index < -0.39 is 0 Å². The van der Waals surface area contributed by atoms with E-state index in [2.05, 4.69) is 57.2 Å². The van der Waals surface area contributed by atoms with E-state index in [1.807, 2.05) is 4.90 Å². The summed E-state index contributed by atoms with van der Waals surface area (Å²) in [5.41, 5.74) is 2.85. The van der Waals surface area contributed by atoms with Crippen LogP contribution in [-0.2, 0) is 17.6 Å². The molecule has 0 radical (unpaired) electrons. The minimum atomic E-state index is 0.241. The lowest BCUT2D eigenvalue weighted by Crippen LogP contribution is -2.33. The molecule has 26 heavy (non-hydrogen) atoms. The van der Waals surface area contributed by atoms with Crippen molar-refractivity contribution in [1.29, 1.82) is 0 Å². The van der Waals surface area contributed by atoms with Gasteiger partial charge in [0.15, 0.2) is 0 Å². The number of unbranched alkanes of at least 4 members (excludes halogenated alkanes) is 4. The van der Waals surface area contributed by atoms with Gasteiger partial charge in [0.05, 0.1) is 0 Å². The summed E-state index contributed by atoms with van der Waals surface area (Å²) in [6.45, 7) is 7.50. The number of allylic oxidation sites excluding steroid dienone is 1. The number of carbonyl (C=O) groups is 1. The molecule has 0 aliphatic heterocycles. The molecule has 0 aliphatic rings. The van der Waals surface area contributed by atoms with Crippen molar-refractivity contribution in [3.63, 3.8) is 0 Å². The molecule has 0 N–H and O–H groups in total. The molecule has 1 amide bonds. The average molecular weight is 358 g/mol. The van der Waals surface area contributed by atoms with Gasteiger partial charge in [-0.3, -0.25) is 4.79 Å². The molecule has 1 aromatic rings. The van der Waals surface area contributed by atoms with E-state index in [4.69, 9.17) is 0 Å². The first kappa shape index (κ1) is 22.5. The van der Waals surface area contributed by atoms with Gasteiger partial charge < -0.3 is 4.90 Å². The molecular formula is C24H39NO. The molecule has 1 rings (SSSR count). The first-order chi connectivity index (χ1) is 12.7. The summed E-state index contributed by atoms with van der Waals surface area (Å²) < 4.78 is 0. The van der Waals surface area contributed by atoms with Gasteiger partial charge in [-0.15, -0.1) is 0 Å². The Bertz CT molecular complexity index is 509. The van der Waals surface area contributed by atoms with Crippen LogP contribution in [0.2, 0.25) is 0 Å². The second-order valence-electron chi connectivity index (χ2n) is 7.27. The van der Waals surface area contributed by atoms with Crippen LogP contribution in [0, 0.1) is 0 Å². The molecule has 0 saturated heterocycles. The van der Waals surface area contributed by atoms with Gasteiger partial charge in [-0.1, -0.05) is 89.3 Å². The van der Waals surface area contributed by atoms with Crippen molar-refractivity contribution < 1.29 is 4.79 Å². The molecule has 0 aromatic heterocycles. The number of nitrogens with zero attached hydrogens (tertiary/aromatic N) is 1. The fourth-order valence-corrected chi connectivity index (χ4v) is 3.41. The Morgan fingerprint density at radius 3 is 2.35 bits per heavy atom. The van der Waals surface area contributed by atoms with Crippen molar-refractivity contribution in [1.82, 2.24) is 4.90 Å². The molecule has 0 bridgehead atoms. The molecule has 2 heteroatoms. The highest BCUT2D eigenvalue weighted by Gasteiger charge is 2.11. The predicted molar refractivity (Wildman–Crippen MR) is 114 cm³/mol. The summed E-state index contributed by atoms with van der Waals surface area (Å²) >= 11 is 0. The maximum atomic E-state index is 11.5. The molecule has 1 unspecified atom stereocenters. The van der Waals surface area contributed by atoms with Crippen LogP contribution in [0.3, 0.4) is 0 Å². The van der Waals surface area contributed by atoms with Gasteiger partial charge in [0.25, 0.3) is 0 Å². The fraction of sp³-hybridized carbons (Fsp3) is 0.625. The topological polar surface area (TPSA) is 20.3 Å². The first-order valence-corrected chi connectivity index (χ1v) is 10.7. The van der Waals surface area contributed by atoms with Crippen molar-refractivity contribution in [2.24, 2.45) is 0 Å². The van der Waals surface area contributed by atoms with Crippen molar-refractivity contribution >= 4 is 6.41 Å². The third-order valence-electron chi connectivity index (χ3n) is 4.99. The molecule has 146 valence electrons. The quantitative estimate of drug-likeness (QED) is 0.204. The number of hydrogen-bond acceptors (Lipinski definition) is 1. The standard InChI is InChI=1S/C24H39NO/c1-4-7-8-9-12-19-25(21-26)24(6-3)18-11-10-15-23-17-13-16-22(20-23)14-5-2/h11,13,16-18,20-21,24H,4-10,12,14-15,19H2,1-3H3/b18-11+. The first-order valence-electron chi connectivity index (χ1n) is 10.7. The minimum absolute atomic E-state index is 0.241. The maximum Gasteiger partial charge on any atom is 0.210 e. The second kappa shape index (κ2) is 14.6. The Balaban J connectivity index is 2.42. The highest BCUT2D eigenvalue weighted by Crippen LogP contribution is 2.12. The molecule has 0 heterocycles. The van der Waals surface area contributed by atoms with Crippen molar-refractivity contribution in [3.05, 3.63) is 47.5 Å². The Kier molecular flexibility index (Phi) is 12.6. The monoisotopic (exact) mass is 357 g/mol. The van der Waals surface area contributed by atoms with Crippen molar-refractivity contribution in [3.8, 4) is 0 Å². The summed E-state index contributed by atoms with van der Waals surface area (Å²) in [5, 5.41) is 0. The molecule has 0 spiro atoms. The lowest BCUT2D eigenvalue weighted by molar-refractivity contribution is -0.119. The normalized spacial score (nSPS) is 12.4. The van der Waals surface area contributed by atoms with E-state index in [0.29, 0.717) is 0 Å². The zero-order chi connectivity index (χ0) is 19.0. The van der Waals surface area contributed by atoms with Crippen LogP contribution in [0.4, 0.5) is 0 Å². The lowest BCUT2D eigenvalue weighted by Gasteiger charge is -2.25. The molecule has 0 saturated carbocycles. The predicted octanol–water partition coefficient (Wildman–Crippen LogP) is 6.34.